The van der Waals surface area contributed by atoms with Crippen LogP contribution in [0.3, 0.4) is 0 Å². The predicted octanol–water partition coefficient (Wildman–Crippen LogP) is 30.3. The minimum absolute atomic E-state index is 0.128. The molecule has 2 nitrogen and oxygen atoms in total. The second kappa shape index (κ2) is 28.8. The van der Waals surface area contributed by atoms with Crippen molar-refractivity contribution in [2.75, 3.05) is 9.80 Å². The summed E-state index contributed by atoms with van der Waals surface area (Å²) < 4.78 is 0. The van der Waals surface area contributed by atoms with Gasteiger partial charge in [0, 0.05) is 44.8 Å². The Bertz CT molecular complexity index is 6730. The van der Waals surface area contributed by atoms with Crippen molar-refractivity contribution in [3.05, 3.63) is 516 Å². The summed E-state index contributed by atoms with van der Waals surface area (Å²) in [5.74, 6) is 0. The molecule has 0 saturated heterocycles. The van der Waals surface area contributed by atoms with Crippen LogP contribution in [0.5, 0.6) is 0 Å². The Morgan fingerprint density at radius 2 is 0.390 bits per heavy atom. The quantitative estimate of drug-likeness (QED) is 0.107. The summed E-state index contributed by atoms with van der Waals surface area (Å²) in [6.07, 6.45) is 0. The monoisotopic (exact) mass is 1510 g/mol. The Balaban J connectivity index is 0.000000147. The Kier molecular flexibility index (Phi) is 17.4. The summed E-state index contributed by atoms with van der Waals surface area (Å²) in [7, 11) is 0. The summed E-state index contributed by atoms with van der Waals surface area (Å²) in [5.41, 5.74) is 41.0. The van der Waals surface area contributed by atoms with Crippen LogP contribution in [0.15, 0.2) is 449 Å². The molecule has 560 valence electrons. The molecule has 18 aromatic carbocycles. The van der Waals surface area contributed by atoms with Gasteiger partial charge >= 0.3 is 0 Å². The van der Waals surface area contributed by atoms with E-state index in [9.17, 15) is 0 Å². The Morgan fingerprint density at radius 1 is 0.153 bits per heavy atom. The molecule has 4 aliphatic rings. The highest BCUT2D eigenvalue weighted by molar-refractivity contribution is 5.97. The molecule has 0 saturated carbocycles. The number of nitrogens with zero attached hydrogens (tertiary/aromatic N) is 2. The first kappa shape index (κ1) is 71.3. The fourth-order valence-corrected chi connectivity index (χ4v) is 20.4. The molecule has 118 heavy (non-hydrogen) atoms. The highest BCUT2D eigenvalue weighted by atomic mass is 15.2. The first-order valence-corrected chi connectivity index (χ1v) is 41.4. The summed E-state index contributed by atoms with van der Waals surface area (Å²) in [5, 5.41) is 0. The number of hydrogen-bond acceptors (Lipinski definition) is 2. The molecule has 0 fully saturated rings. The molecule has 0 aliphatic heterocycles. The lowest BCUT2D eigenvalue weighted by molar-refractivity contribution is 0.660. The van der Waals surface area contributed by atoms with Crippen molar-refractivity contribution in [3.8, 4) is 89.0 Å². The fraction of sp³-hybridized carbons (Fsp3) is 0.0690. The van der Waals surface area contributed by atoms with Gasteiger partial charge < -0.3 is 9.80 Å². The number of rotatable bonds is 14. The van der Waals surface area contributed by atoms with Crippen molar-refractivity contribution in [2.24, 2.45) is 0 Å². The average Bonchev–Trinajstić information content (AvgIpc) is 1.54. The van der Waals surface area contributed by atoms with Crippen LogP contribution in [0.2, 0.25) is 0 Å². The van der Waals surface area contributed by atoms with E-state index in [-0.39, 0.29) is 10.8 Å². The van der Waals surface area contributed by atoms with Crippen LogP contribution < -0.4 is 9.80 Å². The minimum atomic E-state index is -0.569. The van der Waals surface area contributed by atoms with E-state index in [4.69, 9.17) is 0 Å². The fourth-order valence-electron chi connectivity index (χ4n) is 20.4. The van der Waals surface area contributed by atoms with Gasteiger partial charge in [0.2, 0.25) is 0 Å². The van der Waals surface area contributed by atoms with E-state index >= 15 is 0 Å². The third kappa shape index (κ3) is 11.5. The molecule has 0 radical (unpaired) electrons. The van der Waals surface area contributed by atoms with Crippen LogP contribution in [0, 0.1) is 0 Å². The zero-order chi connectivity index (χ0) is 79.1. The maximum Gasteiger partial charge on any atom is 0.0714 e. The first-order valence-electron chi connectivity index (χ1n) is 41.4. The van der Waals surface area contributed by atoms with E-state index < -0.39 is 10.8 Å². The average molecular weight is 1510 g/mol. The van der Waals surface area contributed by atoms with Crippen LogP contribution in [0.4, 0.5) is 34.1 Å². The molecule has 22 rings (SSSR count). The molecule has 18 aromatic rings. The van der Waals surface area contributed by atoms with Crippen LogP contribution in [0.1, 0.15) is 94.5 Å². The molecular formula is C116H86N2. The third-order valence-electron chi connectivity index (χ3n) is 25.9. The topological polar surface area (TPSA) is 6.48 Å². The summed E-state index contributed by atoms with van der Waals surface area (Å²) in [4.78, 5) is 4.97. The molecule has 0 unspecified atom stereocenters. The zero-order valence-electron chi connectivity index (χ0n) is 66.6. The zero-order valence-corrected chi connectivity index (χ0v) is 66.6. The SMILES string of the molecule is CC1(C)c2ccccc2-c2ccc(N(c3ccc(-c4ccccc4)cc3)c3ccc4c(c3)C(c3ccccc3)(c3ccccc3)c3cc(-c5ccccc5)ccc3-4)cc21.CC1(C)c2ccccc2-c2ccc(N(c3ccc4c(c3)C(c3ccccc3)(c3ccccc3)c3cc(-c5ccccc5)ccc3-4)c3ccccc3-c3ccccc3)cc21. The normalized spacial score (nSPS) is 13.9. The summed E-state index contributed by atoms with van der Waals surface area (Å²) in [6, 6.07) is 166. The van der Waals surface area contributed by atoms with Crippen molar-refractivity contribution in [2.45, 2.75) is 49.4 Å². The van der Waals surface area contributed by atoms with E-state index in [1.807, 2.05) is 0 Å². The lowest BCUT2D eigenvalue weighted by atomic mass is 9.67. The third-order valence-corrected chi connectivity index (χ3v) is 25.9. The Morgan fingerprint density at radius 3 is 0.763 bits per heavy atom. The van der Waals surface area contributed by atoms with E-state index in [1.165, 1.54) is 156 Å². The van der Waals surface area contributed by atoms with Gasteiger partial charge in [-0.25, -0.2) is 0 Å². The lowest BCUT2D eigenvalue weighted by Crippen LogP contribution is -2.29. The number of anilines is 6. The van der Waals surface area contributed by atoms with Crippen molar-refractivity contribution in [1.82, 2.24) is 0 Å². The molecule has 0 N–H and O–H groups in total. The molecule has 4 aliphatic carbocycles. The van der Waals surface area contributed by atoms with Gasteiger partial charge in [-0.05, 0) is 229 Å². The predicted molar refractivity (Wildman–Crippen MR) is 494 cm³/mol. The van der Waals surface area contributed by atoms with Crippen molar-refractivity contribution >= 4 is 34.1 Å². The van der Waals surface area contributed by atoms with Gasteiger partial charge in [-0.3, -0.25) is 0 Å². The molecule has 0 aromatic heterocycles. The first-order chi connectivity index (χ1) is 58.0. The molecular weight excluding hydrogens is 1420 g/mol. The van der Waals surface area contributed by atoms with E-state index in [0.29, 0.717) is 0 Å². The summed E-state index contributed by atoms with van der Waals surface area (Å²) >= 11 is 0. The second-order valence-electron chi connectivity index (χ2n) is 32.9. The van der Waals surface area contributed by atoms with Gasteiger partial charge in [0.25, 0.3) is 0 Å². The van der Waals surface area contributed by atoms with Crippen LogP contribution in [-0.4, -0.2) is 0 Å². The largest absolute Gasteiger partial charge is 0.310 e. The van der Waals surface area contributed by atoms with Gasteiger partial charge in [-0.15, -0.1) is 0 Å². The Hall–Kier alpha value is -14.4. The van der Waals surface area contributed by atoms with E-state index in [1.54, 1.807) is 0 Å². The highest BCUT2D eigenvalue weighted by Gasteiger charge is 2.49. The number of fused-ring (bicyclic) bond motifs is 12. The second-order valence-corrected chi connectivity index (χ2v) is 32.9. The highest BCUT2D eigenvalue weighted by Crippen LogP contribution is 2.62. The van der Waals surface area contributed by atoms with E-state index in [2.05, 4.69) is 486 Å². The molecule has 0 spiro atoms. The van der Waals surface area contributed by atoms with E-state index in [0.717, 1.165) is 34.1 Å². The van der Waals surface area contributed by atoms with Crippen LogP contribution >= 0.6 is 0 Å². The number of para-hydroxylation sites is 1. The van der Waals surface area contributed by atoms with Gasteiger partial charge in [-0.2, -0.15) is 0 Å². The van der Waals surface area contributed by atoms with Crippen LogP contribution in [-0.2, 0) is 21.7 Å². The smallest absolute Gasteiger partial charge is 0.0714 e. The van der Waals surface area contributed by atoms with Crippen molar-refractivity contribution in [3.63, 3.8) is 0 Å². The maximum absolute atomic E-state index is 2.50. The molecule has 0 heterocycles. The lowest BCUT2D eigenvalue weighted by Gasteiger charge is -2.35. The number of benzene rings is 18. The number of hydrogen-bond donors (Lipinski definition) is 0. The van der Waals surface area contributed by atoms with Gasteiger partial charge in [0.1, 0.15) is 0 Å². The molecule has 2 heteroatoms. The maximum atomic E-state index is 2.50. The van der Waals surface area contributed by atoms with Crippen molar-refractivity contribution in [1.29, 1.82) is 0 Å². The van der Waals surface area contributed by atoms with Gasteiger partial charge in [-0.1, -0.05) is 398 Å². The molecule has 0 amide bonds. The van der Waals surface area contributed by atoms with Gasteiger partial charge in [0.05, 0.1) is 16.5 Å². The van der Waals surface area contributed by atoms with Crippen LogP contribution in [0.25, 0.3) is 89.0 Å². The summed E-state index contributed by atoms with van der Waals surface area (Å²) in [6.45, 7) is 9.47. The molecule has 0 atom stereocenters. The minimum Gasteiger partial charge on any atom is -0.310 e. The van der Waals surface area contributed by atoms with Crippen molar-refractivity contribution < 1.29 is 0 Å². The molecule has 0 bridgehead atoms. The Labute approximate surface area is 693 Å². The van der Waals surface area contributed by atoms with Gasteiger partial charge in [0.15, 0.2) is 0 Å². The standard InChI is InChI=1S/2C58H43N/c1-57(2)52-29-17-15-28-48(52)49-35-32-45(38-53(49)57)59(56-30-18-16-27-47(56)41-21-9-4-10-22-41)46-33-36-51-50-34-31-42(40-19-7-3-8-20-40)37-54(50)58(55(51)39-46,43-23-11-5-12-24-43)44-25-13-6-14-26-44;1-57(2)53-26-16-15-25-49(53)50-35-32-47(38-54(50)57)59(46-30-27-42(28-31-46)40-17-7-3-8-18-40)48-33-36-52-51-34-29-43(41-19-9-4-10-20-41)37-55(51)58(56(52)39-48,44-21-11-5-12-22-44)45-23-13-6-14-24-45/h2*3-39H,1-2H3.